The predicted octanol–water partition coefficient (Wildman–Crippen LogP) is 1.56. The van der Waals surface area contributed by atoms with Gasteiger partial charge >= 0.3 is 12.0 Å². The van der Waals surface area contributed by atoms with Crippen LogP contribution in [0.2, 0.25) is 0 Å². The Morgan fingerprint density at radius 2 is 2.18 bits per heavy atom. The lowest BCUT2D eigenvalue weighted by molar-refractivity contribution is 0.0692. The molecule has 0 bridgehead atoms. The molecule has 1 aromatic heterocycles. The molecule has 0 aliphatic carbocycles. The molecule has 1 heterocycles. The van der Waals surface area contributed by atoms with Crippen LogP contribution in [0.25, 0.3) is 0 Å². The number of hydrogen-bond acceptors (Lipinski definition) is 3. The summed E-state index contributed by atoms with van der Waals surface area (Å²) in [5.41, 5.74) is 0.00783. The van der Waals surface area contributed by atoms with Crippen LogP contribution < -0.4 is 10.6 Å². The second-order valence-corrected chi connectivity index (χ2v) is 3.93. The highest BCUT2D eigenvalue weighted by Crippen LogP contribution is 2.11. The number of urea groups is 1. The van der Waals surface area contributed by atoms with Crippen molar-refractivity contribution in [2.75, 3.05) is 11.9 Å². The van der Waals surface area contributed by atoms with Crippen LogP contribution in [-0.4, -0.2) is 28.6 Å². The number of carbonyl (C=O) groups is 2. The molecule has 0 aromatic carbocycles. The van der Waals surface area contributed by atoms with Gasteiger partial charge in [-0.3, -0.25) is 0 Å². The van der Waals surface area contributed by atoms with E-state index in [1.807, 2.05) is 13.8 Å². The highest BCUT2D eigenvalue weighted by molar-refractivity contribution is 5.98. The summed E-state index contributed by atoms with van der Waals surface area (Å²) in [5.74, 6) is -0.849. The zero-order chi connectivity index (χ0) is 12.8. The van der Waals surface area contributed by atoms with Gasteiger partial charge in [0.2, 0.25) is 0 Å². The number of carbonyl (C=O) groups excluding carboxylic acids is 1. The second kappa shape index (κ2) is 5.83. The Bertz CT molecular complexity index is 418. The average molecular weight is 237 g/mol. The fourth-order valence-corrected chi connectivity index (χ4v) is 1.14. The Hall–Kier alpha value is -2.11. The molecule has 0 unspecified atom stereocenters. The Labute approximate surface area is 99.1 Å². The molecule has 0 fully saturated rings. The van der Waals surface area contributed by atoms with Crippen molar-refractivity contribution in [2.45, 2.75) is 13.8 Å². The maximum absolute atomic E-state index is 11.4. The molecule has 0 aliphatic heterocycles. The van der Waals surface area contributed by atoms with Crippen molar-refractivity contribution in [1.82, 2.24) is 10.3 Å². The van der Waals surface area contributed by atoms with E-state index in [0.29, 0.717) is 12.5 Å². The largest absolute Gasteiger partial charge is 0.476 e. The first-order chi connectivity index (χ1) is 8.00. The lowest BCUT2D eigenvalue weighted by Crippen LogP contribution is -2.32. The van der Waals surface area contributed by atoms with E-state index < -0.39 is 12.0 Å². The van der Waals surface area contributed by atoms with Crippen molar-refractivity contribution in [2.24, 2.45) is 5.92 Å². The third kappa shape index (κ3) is 4.10. The zero-order valence-electron chi connectivity index (χ0n) is 9.73. The van der Waals surface area contributed by atoms with Crippen LogP contribution in [-0.2, 0) is 0 Å². The summed E-state index contributed by atoms with van der Waals surface area (Å²) in [6, 6.07) is 2.62. The van der Waals surface area contributed by atoms with Crippen molar-refractivity contribution >= 4 is 17.7 Å². The molecule has 0 aliphatic rings. The summed E-state index contributed by atoms with van der Waals surface area (Å²) in [5, 5.41) is 13.9. The molecule has 3 N–H and O–H groups in total. The van der Waals surface area contributed by atoms with Gasteiger partial charge in [0.25, 0.3) is 0 Å². The summed E-state index contributed by atoms with van der Waals surface area (Å²) >= 11 is 0. The SMILES string of the molecule is CC(C)CNC(=O)Nc1cccnc1C(=O)O. The number of amides is 2. The van der Waals surface area contributed by atoms with Gasteiger partial charge < -0.3 is 15.7 Å². The van der Waals surface area contributed by atoms with Gasteiger partial charge in [0.05, 0.1) is 5.69 Å². The molecule has 1 rings (SSSR count). The first-order valence-corrected chi connectivity index (χ1v) is 5.24. The number of rotatable bonds is 4. The standard InChI is InChI=1S/C11H15N3O3/c1-7(2)6-13-11(17)14-8-4-3-5-12-9(8)10(15)16/h3-5,7H,6H2,1-2H3,(H,15,16)(H2,13,14,17). The molecule has 2 amide bonds. The number of anilines is 1. The summed E-state index contributed by atoms with van der Waals surface area (Å²) in [7, 11) is 0. The molecule has 0 saturated carbocycles. The topological polar surface area (TPSA) is 91.3 Å². The lowest BCUT2D eigenvalue weighted by atomic mass is 10.2. The predicted molar refractivity (Wildman–Crippen MR) is 63.1 cm³/mol. The average Bonchev–Trinajstić information content (AvgIpc) is 2.27. The van der Waals surface area contributed by atoms with E-state index >= 15 is 0 Å². The molecular formula is C11H15N3O3. The number of nitrogens with zero attached hydrogens (tertiary/aromatic N) is 1. The van der Waals surface area contributed by atoms with E-state index in [1.165, 1.54) is 12.3 Å². The van der Waals surface area contributed by atoms with Crippen molar-refractivity contribution in [3.8, 4) is 0 Å². The van der Waals surface area contributed by atoms with Gasteiger partial charge in [-0.2, -0.15) is 0 Å². The highest BCUT2D eigenvalue weighted by atomic mass is 16.4. The van der Waals surface area contributed by atoms with Crippen molar-refractivity contribution in [1.29, 1.82) is 0 Å². The molecule has 1 aromatic rings. The van der Waals surface area contributed by atoms with Gasteiger partial charge in [-0.05, 0) is 18.1 Å². The summed E-state index contributed by atoms with van der Waals surface area (Å²) in [4.78, 5) is 26.0. The van der Waals surface area contributed by atoms with E-state index in [-0.39, 0.29) is 11.4 Å². The molecule has 0 atom stereocenters. The minimum atomic E-state index is -1.18. The van der Waals surface area contributed by atoms with Crippen LogP contribution in [0, 0.1) is 5.92 Å². The third-order valence-electron chi connectivity index (χ3n) is 1.93. The summed E-state index contributed by atoms with van der Waals surface area (Å²) in [6.45, 7) is 4.45. The van der Waals surface area contributed by atoms with E-state index in [0.717, 1.165) is 0 Å². The highest BCUT2D eigenvalue weighted by Gasteiger charge is 2.12. The minimum Gasteiger partial charge on any atom is -0.476 e. The Morgan fingerprint density at radius 1 is 1.47 bits per heavy atom. The van der Waals surface area contributed by atoms with Gasteiger partial charge in [-0.25, -0.2) is 14.6 Å². The van der Waals surface area contributed by atoms with Gasteiger partial charge in [-0.1, -0.05) is 13.8 Å². The Kier molecular flexibility index (Phi) is 4.45. The minimum absolute atomic E-state index is 0.174. The molecule has 0 saturated heterocycles. The third-order valence-corrected chi connectivity index (χ3v) is 1.93. The molecule has 6 nitrogen and oxygen atoms in total. The van der Waals surface area contributed by atoms with E-state index in [2.05, 4.69) is 15.6 Å². The molecule has 6 heteroatoms. The van der Waals surface area contributed by atoms with Gasteiger partial charge in [0.1, 0.15) is 0 Å². The number of carboxylic acids is 1. The van der Waals surface area contributed by atoms with Crippen molar-refractivity contribution in [3.05, 3.63) is 24.0 Å². The smallest absolute Gasteiger partial charge is 0.356 e. The van der Waals surface area contributed by atoms with E-state index in [9.17, 15) is 9.59 Å². The number of carboxylic acid groups (broad SMARTS) is 1. The molecule has 0 radical (unpaired) electrons. The first kappa shape index (κ1) is 13.0. The normalized spacial score (nSPS) is 10.1. The molecule has 17 heavy (non-hydrogen) atoms. The fraction of sp³-hybridized carbons (Fsp3) is 0.364. The van der Waals surface area contributed by atoms with Crippen LogP contribution >= 0.6 is 0 Å². The van der Waals surface area contributed by atoms with Crippen molar-refractivity contribution < 1.29 is 14.7 Å². The van der Waals surface area contributed by atoms with Crippen LogP contribution in [0.1, 0.15) is 24.3 Å². The van der Waals surface area contributed by atoms with E-state index in [4.69, 9.17) is 5.11 Å². The van der Waals surface area contributed by atoms with Crippen LogP contribution in [0.4, 0.5) is 10.5 Å². The quantitative estimate of drug-likeness (QED) is 0.741. The lowest BCUT2D eigenvalue weighted by Gasteiger charge is -2.10. The van der Waals surface area contributed by atoms with E-state index in [1.54, 1.807) is 6.07 Å². The number of hydrogen-bond donors (Lipinski definition) is 3. The van der Waals surface area contributed by atoms with Crippen LogP contribution in [0.15, 0.2) is 18.3 Å². The zero-order valence-corrected chi connectivity index (χ0v) is 9.73. The Balaban J connectivity index is 2.68. The fourth-order valence-electron chi connectivity index (χ4n) is 1.14. The summed E-state index contributed by atoms with van der Waals surface area (Å²) < 4.78 is 0. The molecule has 0 spiro atoms. The van der Waals surface area contributed by atoms with Gasteiger partial charge in [-0.15, -0.1) is 0 Å². The van der Waals surface area contributed by atoms with Gasteiger partial charge in [0, 0.05) is 12.7 Å². The second-order valence-electron chi connectivity index (χ2n) is 3.93. The Morgan fingerprint density at radius 3 is 2.76 bits per heavy atom. The maximum Gasteiger partial charge on any atom is 0.356 e. The summed E-state index contributed by atoms with van der Waals surface area (Å²) in [6.07, 6.45) is 1.36. The molecule has 92 valence electrons. The number of nitrogens with one attached hydrogen (secondary N) is 2. The van der Waals surface area contributed by atoms with Crippen LogP contribution in [0.5, 0.6) is 0 Å². The maximum atomic E-state index is 11.4. The van der Waals surface area contributed by atoms with Crippen molar-refractivity contribution in [3.63, 3.8) is 0 Å². The number of aromatic carboxylic acids is 1. The number of aromatic nitrogens is 1. The number of pyridine rings is 1. The molecular weight excluding hydrogens is 222 g/mol. The van der Waals surface area contributed by atoms with Gasteiger partial charge in [0.15, 0.2) is 5.69 Å². The first-order valence-electron chi connectivity index (χ1n) is 5.24. The monoisotopic (exact) mass is 237 g/mol. The van der Waals surface area contributed by atoms with Crippen LogP contribution in [0.3, 0.4) is 0 Å².